The summed E-state index contributed by atoms with van der Waals surface area (Å²) in [7, 11) is 0. The van der Waals surface area contributed by atoms with Crippen LogP contribution >= 0.6 is 15.9 Å². The minimum absolute atomic E-state index is 0.0196. The fraction of sp³-hybridized carbons (Fsp3) is 0.750. The maximum atomic E-state index is 12.6. The Hall–Kier alpha value is -1.25. The van der Waals surface area contributed by atoms with Gasteiger partial charge in [0.25, 0.3) is 0 Å². The van der Waals surface area contributed by atoms with Gasteiger partial charge in [-0.3, -0.25) is 4.79 Å². The second kappa shape index (κ2) is 8.24. The highest BCUT2D eigenvalue weighted by atomic mass is 79.9. The van der Waals surface area contributed by atoms with E-state index in [-0.39, 0.29) is 30.1 Å². The largest absolute Gasteiger partial charge is 0.454 e. The van der Waals surface area contributed by atoms with Crippen LogP contribution < -0.4 is 0 Å². The number of fused-ring (bicyclic) bond motifs is 1. The molecule has 7 atom stereocenters. The van der Waals surface area contributed by atoms with E-state index in [0.29, 0.717) is 12.8 Å². The van der Waals surface area contributed by atoms with Crippen molar-refractivity contribution in [3.05, 3.63) is 12.2 Å². The molecule has 1 heterocycles. The Kier molecular flexibility index (Phi) is 6.78. The maximum Gasteiger partial charge on any atom is 0.339 e. The number of ketones is 1. The van der Waals surface area contributed by atoms with E-state index in [9.17, 15) is 24.6 Å². The lowest BCUT2D eigenvalue weighted by Crippen LogP contribution is -2.55. The van der Waals surface area contributed by atoms with Crippen LogP contribution in [0.2, 0.25) is 0 Å². The van der Waals surface area contributed by atoms with Gasteiger partial charge in [0.15, 0.2) is 11.7 Å². The number of ether oxygens (including phenoxy) is 2. The molecule has 1 saturated heterocycles. The minimum Gasteiger partial charge on any atom is -0.454 e. The summed E-state index contributed by atoms with van der Waals surface area (Å²) in [6.07, 6.45) is -0.925. The van der Waals surface area contributed by atoms with Crippen LogP contribution in [-0.2, 0) is 23.9 Å². The molecule has 1 aliphatic heterocycles. The molecular formula is C20H29BrO7. The number of alkyl halides is 1. The molecule has 1 saturated carbocycles. The van der Waals surface area contributed by atoms with E-state index in [1.165, 1.54) is 13.8 Å². The van der Waals surface area contributed by atoms with Gasteiger partial charge >= 0.3 is 11.9 Å². The Bertz CT molecular complexity index is 667. The van der Waals surface area contributed by atoms with E-state index >= 15 is 0 Å². The smallest absolute Gasteiger partial charge is 0.339 e. The van der Waals surface area contributed by atoms with E-state index < -0.39 is 46.1 Å². The van der Waals surface area contributed by atoms with Crippen LogP contribution in [0.4, 0.5) is 0 Å². The zero-order valence-electron chi connectivity index (χ0n) is 16.7. The van der Waals surface area contributed by atoms with Gasteiger partial charge in [-0.2, -0.15) is 0 Å². The van der Waals surface area contributed by atoms with E-state index in [4.69, 9.17) is 9.47 Å². The van der Waals surface area contributed by atoms with Gasteiger partial charge in [-0.1, -0.05) is 29.4 Å². The molecule has 2 fully saturated rings. The summed E-state index contributed by atoms with van der Waals surface area (Å²) in [5.74, 6) is -2.56. The first-order chi connectivity index (χ1) is 12.8. The molecule has 8 heteroatoms. The summed E-state index contributed by atoms with van der Waals surface area (Å²) < 4.78 is 10.9. The zero-order chi connectivity index (χ0) is 21.4. The molecule has 158 valence electrons. The first-order valence-corrected chi connectivity index (χ1v) is 10.4. The zero-order valence-corrected chi connectivity index (χ0v) is 18.3. The number of Topliss-reactive ketones (excluding diaryl/α,β-unsaturated/α-hetero) is 1. The van der Waals surface area contributed by atoms with E-state index in [0.717, 1.165) is 0 Å². The highest BCUT2D eigenvalue weighted by molar-refractivity contribution is 9.09. The molecule has 2 aliphatic rings. The number of esters is 2. The molecule has 0 radical (unpaired) electrons. The molecule has 0 spiro atoms. The Morgan fingerprint density at radius 2 is 2.07 bits per heavy atom. The number of carbonyl (C=O) groups is 3. The monoisotopic (exact) mass is 460 g/mol. The Labute approximate surface area is 173 Å². The molecule has 7 nitrogen and oxygen atoms in total. The van der Waals surface area contributed by atoms with Crippen molar-refractivity contribution < 1.29 is 34.1 Å². The molecule has 1 aliphatic carbocycles. The summed E-state index contributed by atoms with van der Waals surface area (Å²) in [5.41, 5.74) is -3.25. The fourth-order valence-corrected chi connectivity index (χ4v) is 3.76. The first-order valence-electron chi connectivity index (χ1n) is 9.51. The summed E-state index contributed by atoms with van der Waals surface area (Å²) in [5, 5.41) is 21.5. The van der Waals surface area contributed by atoms with Crippen LogP contribution in [0.25, 0.3) is 0 Å². The highest BCUT2D eigenvalue weighted by Gasteiger charge is 2.53. The lowest BCUT2D eigenvalue weighted by molar-refractivity contribution is -0.201. The van der Waals surface area contributed by atoms with Crippen LogP contribution in [0.3, 0.4) is 0 Å². The fourth-order valence-electron chi connectivity index (χ4n) is 3.58. The van der Waals surface area contributed by atoms with Gasteiger partial charge in [-0.05, 0) is 40.0 Å². The van der Waals surface area contributed by atoms with E-state index in [1.54, 1.807) is 6.92 Å². The quantitative estimate of drug-likeness (QED) is 0.376. The Morgan fingerprint density at radius 3 is 2.64 bits per heavy atom. The second-order valence-corrected chi connectivity index (χ2v) is 9.79. The summed E-state index contributed by atoms with van der Waals surface area (Å²) >= 11 is 3.17. The average Bonchev–Trinajstić information content (AvgIpc) is 2.85. The molecular weight excluding hydrogens is 432 g/mol. The Balaban J connectivity index is 2.43. The standard InChI is InChI=1S/C20H29BrO7/c1-10-7-6-8-19(4,25)16(28-18(24)20(5,26)12(3)21)15-13(9-14(10)22)11(2)17(23)27-15/h10,12-13,15-16,25-26H,2,6-9H2,1,3-5H3. The summed E-state index contributed by atoms with van der Waals surface area (Å²) in [6.45, 7) is 9.96. The molecule has 7 unspecified atom stereocenters. The van der Waals surface area contributed by atoms with Gasteiger partial charge in [-0.15, -0.1) is 0 Å². The minimum atomic E-state index is -1.86. The lowest BCUT2D eigenvalue weighted by Gasteiger charge is -2.39. The van der Waals surface area contributed by atoms with Crippen LogP contribution in [-0.4, -0.2) is 56.2 Å². The number of hydrogen-bond donors (Lipinski definition) is 2. The molecule has 28 heavy (non-hydrogen) atoms. The molecule has 0 amide bonds. The second-order valence-electron chi connectivity index (χ2n) is 8.41. The molecule has 0 aromatic carbocycles. The lowest BCUT2D eigenvalue weighted by atomic mass is 9.77. The normalized spacial score (nSPS) is 37.5. The van der Waals surface area contributed by atoms with Crippen molar-refractivity contribution in [3.8, 4) is 0 Å². The van der Waals surface area contributed by atoms with Gasteiger partial charge in [0.1, 0.15) is 17.5 Å². The molecule has 0 aromatic heterocycles. The van der Waals surface area contributed by atoms with E-state index in [2.05, 4.69) is 22.5 Å². The topological polar surface area (TPSA) is 110 Å². The summed E-state index contributed by atoms with van der Waals surface area (Å²) in [4.78, 5) is 36.7. The molecule has 2 rings (SSSR count). The van der Waals surface area contributed by atoms with E-state index in [1.807, 2.05) is 6.92 Å². The predicted molar refractivity (Wildman–Crippen MR) is 105 cm³/mol. The van der Waals surface area contributed by atoms with Gasteiger partial charge in [-0.25, -0.2) is 9.59 Å². The average molecular weight is 461 g/mol. The third kappa shape index (κ3) is 4.49. The number of hydrogen-bond acceptors (Lipinski definition) is 7. The third-order valence-electron chi connectivity index (χ3n) is 5.97. The van der Waals surface area contributed by atoms with Gasteiger partial charge in [0.05, 0.1) is 4.83 Å². The molecule has 0 aromatic rings. The van der Waals surface area contributed by atoms with Crippen molar-refractivity contribution in [2.24, 2.45) is 11.8 Å². The molecule has 2 N–H and O–H groups in total. The highest BCUT2D eigenvalue weighted by Crippen LogP contribution is 2.40. The number of rotatable bonds is 3. The van der Waals surface area contributed by atoms with Crippen molar-refractivity contribution in [2.45, 2.75) is 81.6 Å². The molecule has 0 bridgehead atoms. The van der Waals surface area contributed by atoms with Crippen molar-refractivity contribution in [1.82, 2.24) is 0 Å². The van der Waals surface area contributed by atoms with Crippen molar-refractivity contribution in [2.75, 3.05) is 0 Å². The number of carbonyl (C=O) groups excluding carboxylic acids is 3. The van der Waals surface area contributed by atoms with Crippen LogP contribution in [0.5, 0.6) is 0 Å². The van der Waals surface area contributed by atoms with Crippen molar-refractivity contribution >= 4 is 33.7 Å². The number of halogens is 1. The van der Waals surface area contributed by atoms with Crippen molar-refractivity contribution in [1.29, 1.82) is 0 Å². The maximum absolute atomic E-state index is 12.6. The van der Waals surface area contributed by atoms with Crippen LogP contribution in [0, 0.1) is 11.8 Å². The van der Waals surface area contributed by atoms with Gasteiger partial charge in [0.2, 0.25) is 0 Å². The summed E-state index contributed by atoms with van der Waals surface area (Å²) in [6, 6.07) is 0. The van der Waals surface area contributed by atoms with Gasteiger partial charge < -0.3 is 19.7 Å². The Morgan fingerprint density at radius 1 is 1.46 bits per heavy atom. The first kappa shape index (κ1) is 23.0. The van der Waals surface area contributed by atoms with Crippen molar-refractivity contribution in [3.63, 3.8) is 0 Å². The van der Waals surface area contributed by atoms with Gasteiger partial charge in [0, 0.05) is 23.8 Å². The van der Waals surface area contributed by atoms with Crippen LogP contribution in [0.1, 0.15) is 53.4 Å². The number of aliphatic hydroxyl groups is 2. The third-order valence-corrected chi connectivity index (χ3v) is 6.86. The SMILES string of the molecule is C=C1C(=O)OC2C1CC(=O)C(C)CCCC(C)(O)C2OC(=O)C(C)(O)C(C)Br. The predicted octanol–water partition coefficient (Wildman–Crippen LogP) is 2.06. The van der Waals surface area contributed by atoms with Crippen LogP contribution in [0.15, 0.2) is 12.2 Å².